The predicted molar refractivity (Wildman–Crippen MR) is 88.9 cm³/mol. The minimum absolute atomic E-state index is 0.272. The minimum atomic E-state index is -0.272. The lowest BCUT2D eigenvalue weighted by Crippen LogP contribution is -2.70. The van der Waals surface area contributed by atoms with Crippen molar-refractivity contribution in [3.63, 3.8) is 0 Å². The number of rotatable bonds is 3. The van der Waals surface area contributed by atoms with Crippen molar-refractivity contribution < 1.29 is 0 Å². The van der Waals surface area contributed by atoms with Crippen molar-refractivity contribution in [3.8, 4) is 0 Å². The Bertz CT molecular complexity index is 421. The lowest BCUT2D eigenvalue weighted by molar-refractivity contribution is 0.181. The number of nitrogens with zero attached hydrogens (tertiary/aromatic N) is 1. The molecule has 0 amide bonds. The second kappa shape index (κ2) is 5.98. The first-order valence-electron chi connectivity index (χ1n) is 8.57. The first-order valence-corrected chi connectivity index (χ1v) is 8.57. The van der Waals surface area contributed by atoms with Gasteiger partial charge in [-0.3, -0.25) is 0 Å². The van der Waals surface area contributed by atoms with Crippen molar-refractivity contribution in [2.24, 2.45) is 11.5 Å². The highest BCUT2D eigenvalue weighted by Gasteiger charge is 2.45. The Morgan fingerprint density at radius 3 is 1.52 bits per heavy atom. The van der Waals surface area contributed by atoms with E-state index in [1.165, 1.54) is 44.2 Å². The summed E-state index contributed by atoms with van der Waals surface area (Å²) in [5.74, 6) is 0. The molecule has 2 aliphatic carbocycles. The Morgan fingerprint density at radius 2 is 1.10 bits per heavy atom. The number of anilines is 1. The molecule has 0 saturated heterocycles. The molecule has 0 aliphatic heterocycles. The largest absolute Gasteiger partial charge is 0.335 e. The Balaban J connectivity index is 1.98. The number of nitrogens with two attached hydrogens (primary N) is 2. The molecule has 3 nitrogen and oxygen atoms in total. The number of para-hydroxylation sites is 1. The van der Waals surface area contributed by atoms with E-state index in [1.807, 2.05) is 0 Å². The van der Waals surface area contributed by atoms with Gasteiger partial charge in [-0.15, -0.1) is 0 Å². The fourth-order valence-electron chi connectivity index (χ4n) is 4.31. The lowest BCUT2D eigenvalue weighted by Gasteiger charge is -2.55. The number of hydrogen-bond acceptors (Lipinski definition) is 3. The van der Waals surface area contributed by atoms with Crippen LogP contribution in [0.1, 0.15) is 64.2 Å². The maximum atomic E-state index is 6.90. The van der Waals surface area contributed by atoms with Crippen molar-refractivity contribution in [3.05, 3.63) is 30.3 Å². The predicted octanol–water partition coefficient (Wildman–Crippen LogP) is 3.73. The zero-order valence-corrected chi connectivity index (χ0v) is 13.1. The molecule has 0 bridgehead atoms. The third-order valence-electron chi connectivity index (χ3n) is 5.34. The summed E-state index contributed by atoms with van der Waals surface area (Å²) in [6.07, 6.45) is 11.7. The van der Waals surface area contributed by atoms with Gasteiger partial charge in [0.05, 0.1) is 11.3 Å². The standard InChI is InChI=1S/C18H29N3/c19-17(12-6-2-7-13-17)21(16-10-4-1-5-11-16)18(20)14-8-3-9-15-18/h1,4-5,10-11H,2-3,6-9,12-15,19-20H2. The SMILES string of the molecule is NC1(N(c2ccccc2)C2(N)CCCCC2)CCCCC1. The fraction of sp³-hybridized carbons (Fsp3) is 0.667. The average molecular weight is 287 g/mol. The van der Waals surface area contributed by atoms with Gasteiger partial charge in [-0.25, -0.2) is 0 Å². The van der Waals surface area contributed by atoms with Crippen LogP contribution in [0.15, 0.2) is 30.3 Å². The molecular formula is C18H29N3. The summed E-state index contributed by atoms with van der Waals surface area (Å²) < 4.78 is 0. The van der Waals surface area contributed by atoms with Crippen LogP contribution in [0.3, 0.4) is 0 Å². The van der Waals surface area contributed by atoms with Crippen LogP contribution in [-0.4, -0.2) is 11.3 Å². The Kier molecular flexibility index (Phi) is 4.23. The molecule has 0 heterocycles. The van der Waals surface area contributed by atoms with E-state index in [-0.39, 0.29) is 11.3 Å². The summed E-state index contributed by atoms with van der Waals surface area (Å²) in [5.41, 5.74) is 14.5. The zero-order chi connectivity index (χ0) is 14.8. The Hall–Kier alpha value is -1.06. The van der Waals surface area contributed by atoms with Crippen LogP contribution in [0.2, 0.25) is 0 Å². The summed E-state index contributed by atoms with van der Waals surface area (Å²) in [4.78, 5) is 2.40. The van der Waals surface area contributed by atoms with Gasteiger partial charge in [0.15, 0.2) is 0 Å². The molecular weight excluding hydrogens is 258 g/mol. The van der Waals surface area contributed by atoms with E-state index in [4.69, 9.17) is 11.5 Å². The molecule has 0 unspecified atom stereocenters. The molecule has 0 radical (unpaired) electrons. The van der Waals surface area contributed by atoms with E-state index in [2.05, 4.69) is 35.2 Å². The second-order valence-electron chi connectivity index (χ2n) is 7.00. The van der Waals surface area contributed by atoms with Gasteiger partial charge in [0.25, 0.3) is 0 Å². The van der Waals surface area contributed by atoms with E-state index >= 15 is 0 Å². The van der Waals surface area contributed by atoms with E-state index in [1.54, 1.807) is 0 Å². The third-order valence-corrected chi connectivity index (χ3v) is 5.34. The number of hydrogen-bond donors (Lipinski definition) is 2. The average Bonchev–Trinajstić information content (AvgIpc) is 2.49. The van der Waals surface area contributed by atoms with Gasteiger partial charge in [-0.2, -0.15) is 0 Å². The molecule has 2 saturated carbocycles. The summed E-state index contributed by atoms with van der Waals surface area (Å²) in [5, 5.41) is 0. The third kappa shape index (κ3) is 2.95. The van der Waals surface area contributed by atoms with E-state index in [0.29, 0.717) is 0 Å². The fourth-order valence-corrected chi connectivity index (χ4v) is 4.31. The summed E-state index contributed by atoms with van der Waals surface area (Å²) in [6.45, 7) is 0. The molecule has 0 aromatic heterocycles. The van der Waals surface area contributed by atoms with Crippen molar-refractivity contribution in [2.45, 2.75) is 75.5 Å². The monoisotopic (exact) mass is 287 g/mol. The van der Waals surface area contributed by atoms with E-state index < -0.39 is 0 Å². The minimum Gasteiger partial charge on any atom is -0.335 e. The highest BCUT2D eigenvalue weighted by molar-refractivity contribution is 5.51. The highest BCUT2D eigenvalue weighted by Crippen LogP contribution is 2.41. The molecule has 0 atom stereocenters. The smallest absolute Gasteiger partial charge is 0.0901 e. The summed E-state index contributed by atoms with van der Waals surface area (Å²) >= 11 is 0. The zero-order valence-electron chi connectivity index (χ0n) is 13.1. The van der Waals surface area contributed by atoms with Gasteiger partial charge >= 0.3 is 0 Å². The van der Waals surface area contributed by atoms with E-state index in [9.17, 15) is 0 Å². The maximum Gasteiger partial charge on any atom is 0.0901 e. The number of benzene rings is 1. The van der Waals surface area contributed by atoms with Crippen molar-refractivity contribution in [1.82, 2.24) is 0 Å². The van der Waals surface area contributed by atoms with Gasteiger partial charge < -0.3 is 16.4 Å². The maximum absolute atomic E-state index is 6.90. The quantitative estimate of drug-likeness (QED) is 0.833. The lowest BCUT2D eigenvalue weighted by atomic mass is 9.81. The van der Waals surface area contributed by atoms with Crippen molar-refractivity contribution in [1.29, 1.82) is 0 Å². The van der Waals surface area contributed by atoms with Gasteiger partial charge in [0, 0.05) is 5.69 Å². The molecule has 116 valence electrons. The van der Waals surface area contributed by atoms with E-state index in [0.717, 1.165) is 25.7 Å². The molecule has 21 heavy (non-hydrogen) atoms. The molecule has 4 N–H and O–H groups in total. The second-order valence-corrected chi connectivity index (χ2v) is 7.00. The van der Waals surface area contributed by atoms with Crippen LogP contribution in [-0.2, 0) is 0 Å². The van der Waals surface area contributed by atoms with Crippen LogP contribution in [0.5, 0.6) is 0 Å². The molecule has 1 aromatic carbocycles. The molecule has 1 aromatic rings. The first kappa shape index (κ1) is 14.9. The molecule has 2 fully saturated rings. The molecule has 0 spiro atoms. The molecule has 3 heteroatoms. The topological polar surface area (TPSA) is 55.3 Å². The van der Waals surface area contributed by atoms with Crippen molar-refractivity contribution >= 4 is 5.69 Å². The van der Waals surface area contributed by atoms with Crippen LogP contribution >= 0.6 is 0 Å². The molecule has 2 aliphatic rings. The van der Waals surface area contributed by atoms with Crippen LogP contribution in [0.4, 0.5) is 5.69 Å². The summed E-state index contributed by atoms with van der Waals surface area (Å²) in [6, 6.07) is 10.6. The van der Waals surface area contributed by atoms with Gasteiger partial charge in [0.2, 0.25) is 0 Å². The van der Waals surface area contributed by atoms with Gasteiger partial charge in [0.1, 0.15) is 0 Å². The summed E-state index contributed by atoms with van der Waals surface area (Å²) in [7, 11) is 0. The van der Waals surface area contributed by atoms with Crippen molar-refractivity contribution in [2.75, 3.05) is 4.90 Å². The van der Waals surface area contributed by atoms with Crippen LogP contribution in [0.25, 0.3) is 0 Å². The van der Waals surface area contributed by atoms with Gasteiger partial charge in [-0.1, -0.05) is 31.0 Å². The van der Waals surface area contributed by atoms with Crippen LogP contribution in [0, 0.1) is 0 Å². The Labute approximate surface area is 128 Å². The highest BCUT2D eigenvalue weighted by atomic mass is 15.4. The normalized spacial score (nSPS) is 24.5. The first-order chi connectivity index (χ1) is 10.1. The molecule has 3 rings (SSSR count). The van der Waals surface area contributed by atoms with Gasteiger partial charge in [-0.05, 0) is 63.5 Å². The van der Waals surface area contributed by atoms with Crippen LogP contribution < -0.4 is 16.4 Å². The Morgan fingerprint density at radius 1 is 0.667 bits per heavy atom.